The molecule has 1 atom stereocenters. The molecule has 0 aliphatic heterocycles. The third kappa shape index (κ3) is 4.42. The number of hydrogen-bond donors (Lipinski definition) is 1. The van der Waals surface area contributed by atoms with Crippen molar-refractivity contribution < 1.29 is 0 Å². The first kappa shape index (κ1) is 21.7. The van der Waals surface area contributed by atoms with Gasteiger partial charge in [-0.15, -0.1) is 5.10 Å². The summed E-state index contributed by atoms with van der Waals surface area (Å²) in [6, 6.07) is 8.75. The van der Waals surface area contributed by atoms with Crippen molar-refractivity contribution in [1.29, 1.82) is 0 Å². The third-order valence-electron chi connectivity index (χ3n) is 6.44. The molecule has 31 heavy (non-hydrogen) atoms. The Morgan fingerprint density at radius 3 is 2.65 bits per heavy atom. The summed E-state index contributed by atoms with van der Waals surface area (Å²) in [5.41, 5.74) is 2.63. The number of hydrogen-bond acceptors (Lipinski definition) is 5. The Labute approximate surface area is 183 Å². The zero-order valence-electron chi connectivity index (χ0n) is 19.4. The topological polar surface area (TPSA) is 79.7 Å². The van der Waals surface area contributed by atoms with Gasteiger partial charge in [-0.05, 0) is 80.5 Å². The average molecular weight is 423 g/mol. The molecule has 1 saturated carbocycles. The largest absolute Gasteiger partial charge is 0.322 e. The van der Waals surface area contributed by atoms with Crippen LogP contribution in [0.1, 0.15) is 82.8 Å². The zero-order chi connectivity index (χ0) is 22.2. The maximum Gasteiger partial charge on any atom is 0.252 e. The molecule has 0 bridgehead atoms. The standard InChI is InChI=1S/C24H34N6O/c1-6-21(22-26-27-28-30(22)24(3,4)5)29(19-9-7-8-10-19)15-18-14-17-12-11-16(2)13-20(17)25-23(18)31/h11-14,19,21H,6-10,15H2,1-5H3,(H,25,31)/t21-/m1/s1. The van der Waals surface area contributed by atoms with Crippen LogP contribution in [0.5, 0.6) is 0 Å². The summed E-state index contributed by atoms with van der Waals surface area (Å²) in [7, 11) is 0. The number of aromatic nitrogens is 5. The van der Waals surface area contributed by atoms with E-state index in [0.29, 0.717) is 12.6 Å². The fraction of sp³-hybridized carbons (Fsp3) is 0.583. The smallest absolute Gasteiger partial charge is 0.252 e. The van der Waals surface area contributed by atoms with Crippen LogP contribution in [0.4, 0.5) is 0 Å². The second kappa shape index (κ2) is 8.54. The van der Waals surface area contributed by atoms with Crippen LogP contribution < -0.4 is 5.56 Å². The second-order valence-corrected chi connectivity index (χ2v) is 9.87. The Kier molecular flexibility index (Phi) is 5.97. The molecule has 1 aliphatic rings. The highest BCUT2D eigenvalue weighted by Crippen LogP contribution is 2.34. The van der Waals surface area contributed by atoms with Crippen LogP contribution in [0.3, 0.4) is 0 Å². The molecule has 7 heteroatoms. The predicted molar refractivity (Wildman–Crippen MR) is 123 cm³/mol. The van der Waals surface area contributed by atoms with Crippen molar-refractivity contribution in [2.75, 3.05) is 0 Å². The van der Waals surface area contributed by atoms with Gasteiger partial charge >= 0.3 is 0 Å². The summed E-state index contributed by atoms with van der Waals surface area (Å²) in [5.74, 6) is 0.884. The Morgan fingerprint density at radius 2 is 1.97 bits per heavy atom. The van der Waals surface area contributed by atoms with Gasteiger partial charge in [0.2, 0.25) is 0 Å². The van der Waals surface area contributed by atoms with Crippen molar-refractivity contribution in [1.82, 2.24) is 30.1 Å². The number of aromatic amines is 1. The maximum absolute atomic E-state index is 13.0. The number of nitrogens with zero attached hydrogens (tertiary/aromatic N) is 5. The lowest BCUT2D eigenvalue weighted by Gasteiger charge is -2.36. The lowest BCUT2D eigenvalue weighted by Crippen LogP contribution is -2.40. The molecule has 0 unspecified atom stereocenters. The first-order valence-corrected chi connectivity index (χ1v) is 11.4. The third-order valence-corrected chi connectivity index (χ3v) is 6.44. The molecule has 1 fully saturated rings. The second-order valence-electron chi connectivity index (χ2n) is 9.87. The van der Waals surface area contributed by atoms with Crippen LogP contribution in [0, 0.1) is 6.92 Å². The minimum absolute atomic E-state index is 0.00800. The fourth-order valence-electron chi connectivity index (χ4n) is 4.85. The van der Waals surface area contributed by atoms with Gasteiger partial charge in [0, 0.05) is 23.7 Å². The molecule has 0 amide bonds. The molecule has 0 radical (unpaired) electrons. The van der Waals surface area contributed by atoms with Gasteiger partial charge in [0.25, 0.3) is 5.56 Å². The number of tetrazole rings is 1. The molecule has 7 nitrogen and oxygen atoms in total. The van der Waals surface area contributed by atoms with Crippen molar-refractivity contribution in [3.05, 3.63) is 51.6 Å². The van der Waals surface area contributed by atoms with Crippen molar-refractivity contribution in [2.24, 2.45) is 0 Å². The number of fused-ring (bicyclic) bond motifs is 1. The Bertz CT molecular complexity index is 1100. The molecular weight excluding hydrogens is 388 g/mol. The molecule has 0 spiro atoms. The highest BCUT2D eigenvalue weighted by atomic mass is 16.1. The van der Waals surface area contributed by atoms with Crippen molar-refractivity contribution >= 4 is 10.9 Å². The van der Waals surface area contributed by atoms with Crippen LogP contribution in [-0.2, 0) is 12.1 Å². The predicted octanol–water partition coefficient (Wildman–Crippen LogP) is 4.47. The molecule has 1 aromatic carbocycles. The first-order valence-electron chi connectivity index (χ1n) is 11.4. The van der Waals surface area contributed by atoms with Gasteiger partial charge < -0.3 is 4.98 Å². The normalized spacial score (nSPS) is 16.5. The Morgan fingerprint density at radius 1 is 1.23 bits per heavy atom. The van der Waals surface area contributed by atoms with Crippen LogP contribution in [0.25, 0.3) is 10.9 Å². The first-order chi connectivity index (χ1) is 14.8. The number of benzene rings is 1. The summed E-state index contributed by atoms with van der Waals surface area (Å²) in [6.07, 6.45) is 5.65. The molecule has 0 saturated heterocycles. The summed E-state index contributed by atoms with van der Waals surface area (Å²) >= 11 is 0. The van der Waals surface area contributed by atoms with Crippen molar-refractivity contribution in [3.63, 3.8) is 0 Å². The number of pyridine rings is 1. The van der Waals surface area contributed by atoms with Crippen molar-refractivity contribution in [3.8, 4) is 0 Å². The summed E-state index contributed by atoms with van der Waals surface area (Å²) in [4.78, 5) is 18.6. The number of rotatable bonds is 6. The number of aryl methyl sites for hydroxylation is 1. The van der Waals surface area contributed by atoms with E-state index in [4.69, 9.17) is 0 Å². The molecule has 2 heterocycles. The van der Waals surface area contributed by atoms with E-state index >= 15 is 0 Å². The summed E-state index contributed by atoms with van der Waals surface area (Å²) in [5, 5.41) is 13.8. The van der Waals surface area contributed by atoms with Gasteiger partial charge in [0.15, 0.2) is 5.82 Å². The van der Waals surface area contributed by atoms with E-state index in [-0.39, 0.29) is 17.1 Å². The van der Waals surface area contributed by atoms with E-state index in [0.717, 1.165) is 47.1 Å². The quantitative estimate of drug-likeness (QED) is 0.634. The molecule has 166 valence electrons. The Hall–Kier alpha value is -2.54. The van der Waals surface area contributed by atoms with E-state index in [9.17, 15) is 4.79 Å². The molecule has 4 rings (SSSR count). The lowest BCUT2D eigenvalue weighted by molar-refractivity contribution is 0.108. The van der Waals surface area contributed by atoms with E-state index in [1.165, 1.54) is 12.8 Å². The van der Waals surface area contributed by atoms with Crippen LogP contribution in [0.2, 0.25) is 0 Å². The van der Waals surface area contributed by atoms with E-state index in [2.05, 4.69) is 71.3 Å². The lowest BCUT2D eigenvalue weighted by atomic mass is 10.0. The van der Waals surface area contributed by atoms with Gasteiger partial charge in [0.05, 0.1) is 11.6 Å². The average Bonchev–Trinajstić information content (AvgIpc) is 3.40. The van der Waals surface area contributed by atoms with Crippen LogP contribution >= 0.6 is 0 Å². The van der Waals surface area contributed by atoms with Gasteiger partial charge in [0.1, 0.15) is 0 Å². The highest BCUT2D eigenvalue weighted by Gasteiger charge is 2.34. The van der Waals surface area contributed by atoms with Gasteiger partial charge in [-0.25, -0.2) is 4.68 Å². The molecule has 2 aromatic heterocycles. The maximum atomic E-state index is 13.0. The molecule has 1 N–H and O–H groups in total. The van der Waals surface area contributed by atoms with Gasteiger partial charge in [-0.1, -0.05) is 31.9 Å². The minimum Gasteiger partial charge on any atom is -0.322 e. The van der Waals surface area contributed by atoms with Crippen LogP contribution in [-0.4, -0.2) is 36.1 Å². The summed E-state index contributed by atoms with van der Waals surface area (Å²) < 4.78 is 1.94. The zero-order valence-corrected chi connectivity index (χ0v) is 19.4. The molecular formula is C24H34N6O. The van der Waals surface area contributed by atoms with E-state index in [1.807, 2.05) is 17.7 Å². The molecule has 3 aromatic rings. The monoisotopic (exact) mass is 422 g/mol. The Balaban J connectivity index is 1.75. The SMILES string of the molecule is CC[C@H](c1nnnn1C(C)(C)C)N(Cc1cc2ccc(C)cc2[nH]c1=O)C1CCCC1. The molecule has 1 aliphatic carbocycles. The van der Waals surface area contributed by atoms with Crippen LogP contribution in [0.15, 0.2) is 29.1 Å². The minimum atomic E-state index is -0.202. The fourth-order valence-corrected chi connectivity index (χ4v) is 4.85. The number of nitrogens with one attached hydrogen (secondary N) is 1. The van der Waals surface area contributed by atoms with Crippen molar-refractivity contribution in [2.45, 2.75) is 90.9 Å². The van der Waals surface area contributed by atoms with Gasteiger partial charge in [-0.2, -0.15) is 0 Å². The summed E-state index contributed by atoms with van der Waals surface area (Å²) in [6.45, 7) is 11.2. The number of H-pyrrole nitrogens is 1. The van der Waals surface area contributed by atoms with E-state index in [1.54, 1.807) is 0 Å². The highest BCUT2D eigenvalue weighted by molar-refractivity contribution is 5.79. The van der Waals surface area contributed by atoms with Gasteiger partial charge in [-0.3, -0.25) is 9.69 Å². The van der Waals surface area contributed by atoms with E-state index < -0.39 is 0 Å².